The molecule has 1 aromatic carbocycles. The summed E-state index contributed by atoms with van der Waals surface area (Å²) in [6.45, 7) is 6.45. The van der Waals surface area contributed by atoms with Crippen LogP contribution in [0.25, 0.3) is 0 Å². The van der Waals surface area contributed by atoms with E-state index >= 15 is 0 Å². The highest BCUT2D eigenvalue weighted by atomic mass is 16.3. The normalized spacial score (nSPS) is 17.6. The lowest BCUT2D eigenvalue weighted by atomic mass is 10.1. The maximum Gasteiger partial charge on any atom is 0.241 e. The zero-order valence-electron chi connectivity index (χ0n) is 13.4. The average molecular weight is 290 g/mol. The lowest BCUT2D eigenvalue weighted by Gasteiger charge is -2.26. The van der Waals surface area contributed by atoms with E-state index in [4.69, 9.17) is 0 Å². The van der Waals surface area contributed by atoms with Gasteiger partial charge in [-0.1, -0.05) is 17.7 Å². The number of hydrogen-bond donors (Lipinski definition) is 2. The number of benzene rings is 1. The molecule has 0 saturated heterocycles. The van der Waals surface area contributed by atoms with Gasteiger partial charge in [0.25, 0.3) is 0 Å². The molecule has 2 atom stereocenters. The van der Waals surface area contributed by atoms with Crippen LogP contribution in [0.1, 0.15) is 30.9 Å². The van der Waals surface area contributed by atoms with E-state index in [9.17, 15) is 9.90 Å². The first-order valence-electron chi connectivity index (χ1n) is 7.65. The van der Waals surface area contributed by atoms with Gasteiger partial charge in [-0.25, -0.2) is 0 Å². The van der Waals surface area contributed by atoms with Gasteiger partial charge in [-0.05, 0) is 58.2 Å². The van der Waals surface area contributed by atoms with Crippen molar-refractivity contribution in [3.63, 3.8) is 0 Å². The summed E-state index contributed by atoms with van der Waals surface area (Å²) in [5, 5.41) is 13.0. The summed E-state index contributed by atoms with van der Waals surface area (Å²) in [5.41, 5.74) is 3.10. The number of aliphatic hydroxyl groups is 1. The van der Waals surface area contributed by atoms with Crippen LogP contribution < -0.4 is 5.32 Å². The maximum absolute atomic E-state index is 12.3. The second-order valence-corrected chi connectivity index (χ2v) is 6.33. The molecule has 0 spiro atoms. The van der Waals surface area contributed by atoms with Crippen LogP contribution in [0, 0.1) is 19.8 Å². The first-order valence-corrected chi connectivity index (χ1v) is 7.65. The van der Waals surface area contributed by atoms with Gasteiger partial charge in [0.2, 0.25) is 5.91 Å². The Morgan fingerprint density at radius 1 is 1.43 bits per heavy atom. The molecule has 1 fully saturated rings. The third-order valence-corrected chi connectivity index (χ3v) is 4.32. The van der Waals surface area contributed by atoms with E-state index in [-0.39, 0.29) is 18.1 Å². The highest BCUT2D eigenvalue weighted by Gasteiger charge is 2.31. The van der Waals surface area contributed by atoms with E-state index in [1.54, 1.807) is 0 Å². The van der Waals surface area contributed by atoms with Crippen molar-refractivity contribution >= 4 is 11.6 Å². The van der Waals surface area contributed by atoms with Crippen LogP contribution in [0.15, 0.2) is 18.2 Å². The fourth-order valence-corrected chi connectivity index (χ4v) is 2.47. The summed E-state index contributed by atoms with van der Waals surface area (Å²) in [7, 11) is 1.89. The first kappa shape index (κ1) is 16.0. The van der Waals surface area contributed by atoms with Crippen LogP contribution in [0.5, 0.6) is 0 Å². The standard InChI is InChI=1S/C17H26N2O2/c1-11-5-8-15(12(2)9-11)18-17(21)13(3)19(4)10-16(20)14-6-7-14/h5,8-9,13-14,16,20H,6-7,10H2,1-4H3,(H,18,21). The third kappa shape index (κ3) is 4.29. The van der Waals surface area contributed by atoms with Gasteiger partial charge in [0.05, 0.1) is 12.1 Å². The molecule has 4 heteroatoms. The highest BCUT2D eigenvalue weighted by molar-refractivity contribution is 5.95. The summed E-state index contributed by atoms with van der Waals surface area (Å²) >= 11 is 0. The van der Waals surface area contributed by atoms with Crippen molar-refractivity contribution in [2.45, 2.75) is 45.8 Å². The predicted molar refractivity (Wildman–Crippen MR) is 85.4 cm³/mol. The number of amides is 1. The molecule has 0 heterocycles. The van der Waals surface area contributed by atoms with E-state index in [2.05, 4.69) is 11.4 Å². The summed E-state index contributed by atoms with van der Waals surface area (Å²) in [4.78, 5) is 14.2. The fraction of sp³-hybridized carbons (Fsp3) is 0.588. The predicted octanol–water partition coefficient (Wildman–Crippen LogP) is 2.33. The Morgan fingerprint density at radius 3 is 2.67 bits per heavy atom. The zero-order chi connectivity index (χ0) is 15.6. The molecule has 2 rings (SSSR count). The zero-order valence-corrected chi connectivity index (χ0v) is 13.4. The van der Waals surface area contributed by atoms with Crippen molar-refractivity contribution in [2.75, 3.05) is 18.9 Å². The second-order valence-electron chi connectivity index (χ2n) is 6.33. The van der Waals surface area contributed by atoms with E-state index in [1.807, 2.05) is 44.9 Å². The van der Waals surface area contributed by atoms with Crippen molar-refractivity contribution in [1.82, 2.24) is 4.90 Å². The lowest BCUT2D eigenvalue weighted by molar-refractivity contribution is -0.120. The van der Waals surface area contributed by atoms with Crippen molar-refractivity contribution < 1.29 is 9.90 Å². The number of carbonyl (C=O) groups is 1. The van der Waals surface area contributed by atoms with Crippen LogP contribution in [0.3, 0.4) is 0 Å². The van der Waals surface area contributed by atoms with Gasteiger partial charge in [-0.3, -0.25) is 9.69 Å². The number of nitrogens with zero attached hydrogens (tertiary/aromatic N) is 1. The topological polar surface area (TPSA) is 52.6 Å². The molecule has 0 bridgehead atoms. The minimum absolute atomic E-state index is 0.0348. The molecule has 21 heavy (non-hydrogen) atoms. The Kier molecular flexibility index (Phi) is 5.01. The van der Waals surface area contributed by atoms with Crippen molar-refractivity contribution in [1.29, 1.82) is 0 Å². The Morgan fingerprint density at radius 2 is 2.10 bits per heavy atom. The van der Waals surface area contributed by atoms with Crippen LogP contribution >= 0.6 is 0 Å². The Labute approximate surface area is 127 Å². The Hall–Kier alpha value is -1.39. The molecule has 1 aliphatic carbocycles. The Bertz CT molecular complexity index is 512. The molecule has 2 unspecified atom stereocenters. The quantitative estimate of drug-likeness (QED) is 0.845. The van der Waals surface area contributed by atoms with Gasteiger partial charge in [-0.15, -0.1) is 0 Å². The molecule has 1 aromatic rings. The first-order chi connectivity index (χ1) is 9.88. The third-order valence-electron chi connectivity index (χ3n) is 4.32. The molecule has 0 radical (unpaired) electrons. The molecule has 0 aromatic heterocycles. The molecule has 1 aliphatic rings. The number of aryl methyl sites for hydroxylation is 2. The second kappa shape index (κ2) is 6.58. The number of anilines is 1. The monoisotopic (exact) mass is 290 g/mol. The largest absolute Gasteiger partial charge is 0.392 e. The van der Waals surface area contributed by atoms with Crippen LogP contribution in [0.2, 0.25) is 0 Å². The van der Waals surface area contributed by atoms with Gasteiger partial charge >= 0.3 is 0 Å². The van der Waals surface area contributed by atoms with Crippen molar-refractivity contribution in [3.05, 3.63) is 29.3 Å². The smallest absolute Gasteiger partial charge is 0.241 e. The van der Waals surface area contributed by atoms with E-state index in [1.165, 1.54) is 5.56 Å². The van der Waals surface area contributed by atoms with Gasteiger partial charge < -0.3 is 10.4 Å². The molecular weight excluding hydrogens is 264 g/mol. The van der Waals surface area contributed by atoms with E-state index in [0.717, 1.165) is 24.1 Å². The molecule has 2 N–H and O–H groups in total. The number of carbonyl (C=O) groups excluding carboxylic acids is 1. The molecule has 4 nitrogen and oxygen atoms in total. The lowest BCUT2D eigenvalue weighted by Crippen LogP contribution is -2.43. The number of likely N-dealkylation sites (N-methyl/N-ethyl adjacent to an activating group) is 1. The number of hydrogen-bond acceptors (Lipinski definition) is 3. The van der Waals surface area contributed by atoms with Gasteiger partial charge in [0, 0.05) is 12.2 Å². The SMILES string of the molecule is Cc1ccc(NC(=O)C(C)N(C)CC(O)C2CC2)c(C)c1. The number of rotatable bonds is 6. The van der Waals surface area contributed by atoms with Gasteiger partial charge in [0.1, 0.15) is 0 Å². The minimum Gasteiger partial charge on any atom is -0.392 e. The highest BCUT2D eigenvalue weighted by Crippen LogP contribution is 2.32. The number of nitrogens with one attached hydrogen (secondary N) is 1. The molecular formula is C17H26N2O2. The molecule has 1 amide bonds. The molecule has 1 saturated carbocycles. The number of aliphatic hydroxyl groups excluding tert-OH is 1. The van der Waals surface area contributed by atoms with Crippen LogP contribution in [-0.4, -0.2) is 41.7 Å². The van der Waals surface area contributed by atoms with Gasteiger partial charge in [-0.2, -0.15) is 0 Å². The van der Waals surface area contributed by atoms with Crippen LogP contribution in [0.4, 0.5) is 5.69 Å². The molecule has 0 aliphatic heterocycles. The van der Waals surface area contributed by atoms with Crippen molar-refractivity contribution in [2.24, 2.45) is 5.92 Å². The molecule has 116 valence electrons. The van der Waals surface area contributed by atoms with Crippen LogP contribution in [-0.2, 0) is 4.79 Å². The average Bonchev–Trinajstić information content (AvgIpc) is 3.25. The van der Waals surface area contributed by atoms with Gasteiger partial charge in [0.15, 0.2) is 0 Å². The fourth-order valence-electron chi connectivity index (χ4n) is 2.47. The Balaban J connectivity index is 1.91. The summed E-state index contributed by atoms with van der Waals surface area (Å²) in [5.74, 6) is 0.398. The summed E-state index contributed by atoms with van der Waals surface area (Å²) in [6.07, 6.45) is 1.90. The summed E-state index contributed by atoms with van der Waals surface area (Å²) < 4.78 is 0. The van der Waals surface area contributed by atoms with Crippen molar-refractivity contribution in [3.8, 4) is 0 Å². The summed E-state index contributed by atoms with van der Waals surface area (Å²) in [6, 6.07) is 5.72. The van der Waals surface area contributed by atoms with E-state index < -0.39 is 0 Å². The maximum atomic E-state index is 12.3. The van der Waals surface area contributed by atoms with E-state index in [0.29, 0.717) is 12.5 Å². The minimum atomic E-state index is -0.314.